The van der Waals surface area contributed by atoms with E-state index in [9.17, 15) is 9.90 Å². The molecule has 0 amide bonds. The fourth-order valence-corrected chi connectivity index (χ4v) is 3.47. The fourth-order valence-electron chi connectivity index (χ4n) is 3.47. The van der Waals surface area contributed by atoms with Crippen molar-refractivity contribution in [3.8, 4) is 0 Å². The van der Waals surface area contributed by atoms with Gasteiger partial charge in [-0.25, -0.2) is 14.8 Å². The highest BCUT2D eigenvalue weighted by molar-refractivity contribution is 5.97. The number of aromatic nitrogens is 1. The number of carboxylic acid groups (broad SMARTS) is 1. The normalized spacial score (nSPS) is 14.7. The zero-order chi connectivity index (χ0) is 20.9. The van der Waals surface area contributed by atoms with Crippen molar-refractivity contribution in [2.75, 3.05) is 31.1 Å². The van der Waals surface area contributed by atoms with Crippen molar-refractivity contribution in [3.63, 3.8) is 0 Å². The lowest BCUT2D eigenvalue weighted by molar-refractivity contribution is 0.0692. The van der Waals surface area contributed by atoms with Crippen LogP contribution in [0.5, 0.6) is 0 Å². The van der Waals surface area contributed by atoms with Crippen LogP contribution in [0.2, 0.25) is 0 Å². The number of nitrogens with one attached hydrogen (secondary N) is 1. The zero-order valence-corrected chi connectivity index (χ0v) is 16.8. The van der Waals surface area contributed by atoms with Crippen LogP contribution in [-0.4, -0.2) is 48.1 Å². The summed E-state index contributed by atoms with van der Waals surface area (Å²) in [5, 5.41) is 13.8. The van der Waals surface area contributed by atoms with Gasteiger partial charge in [0.2, 0.25) is 0 Å². The molecule has 7 heteroatoms. The van der Waals surface area contributed by atoms with E-state index >= 15 is 0 Å². The zero-order valence-electron chi connectivity index (χ0n) is 16.8. The third-order valence-corrected chi connectivity index (χ3v) is 5.03. The van der Waals surface area contributed by atoms with Crippen molar-refractivity contribution in [2.45, 2.75) is 13.5 Å². The molecule has 2 aromatic carbocycles. The summed E-state index contributed by atoms with van der Waals surface area (Å²) < 4.78 is 5.69. The molecule has 1 aromatic heterocycles. The number of anilines is 1. The number of nitrogens with zero attached hydrogens (tertiary/aromatic N) is 3. The Hall–Kier alpha value is -3.45. The van der Waals surface area contributed by atoms with E-state index in [2.05, 4.69) is 20.2 Å². The first-order valence-electron chi connectivity index (χ1n) is 9.96. The molecule has 0 atom stereocenters. The van der Waals surface area contributed by atoms with Crippen molar-refractivity contribution >= 4 is 34.1 Å². The van der Waals surface area contributed by atoms with Crippen LogP contribution in [0.4, 0.5) is 11.4 Å². The molecule has 0 aliphatic carbocycles. The summed E-state index contributed by atoms with van der Waals surface area (Å²) in [6, 6.07) is 17.4. The highest BCUT2D eigenvalue weighted by atomic mass is 16.5. The Morgan fingerprint density at radius 2 is 1.93 bits per heavy atom. The summed E-state index contributed by atoms with van der Waals surface area (Å²) in [6.45, 7) is 5.78. The number of aliphatic imine (C=N–C) groups is 1. The number of pyridine rings is 1. The van der Waals surface area contributed by atoms with E-state index in [0.717, 1.165) is 42.8 Å². The number of rotatable bonds is 5. The third kappa shape index (κ3) is 4.58. The van der Waals surface area contributed by atoms with E-state index in [1.54, 1.807) is 13.0 Å². The first kappa shape index (κ1) is 19.8. The molecular weight excluding hydrogens is 380 g/mol. The first-order chi connectivity index (χ1) is 14.6. The van der Waals surface area contributed by atoms with Crippen LogP contribution < -0.4 is 10.2 Å². The van der Waals surface area contributed by atoms with E-state index in [1.807, 2.05) is 48.5 Å². The second-order valence-electron chi connectivity index (χ2n) is 7.18. The average molecular weight is 404 g/mol. The summed E-state index contributed by atoms with van der Waals surface area (Å²) >= 11 is 0. The molecule has 1 aliphatic heterocycles. The van der Waals surface area contributed by atoms with Gasteiger partial charge in [-0.2, -0.15) is 0 Å². The lowest BCUT2D eigenvalue weighted by Crippen LogP contribution is -2.43. The fraction of sp³-hybridized carbons (Fsp3) is 0.261. The highest BCUT2D eigenvalue weighted by Gasteiger charge is 2.16. The molecule has 0 radical (unpaired) electrons. The van der Waals surface area contributed by atoms with E-state index in [1.165, 1.54) is 0 Å². The SMILES string of the molecule is CC(=Nc1cc2ccc(N3CCNCC3)cc2nc1C(=O)O)OCc1ccccc1. The Balaban J connectivity index is 1.61. The molecule has 30 heavy (non-hydrogen) atoms. The van der Waals surface area contributed by atoms with Gasteiger partial charge in [0.1, 0.15) is 12.3 Å². The molecule has 2 N–H and O–H groups in total. The lowest BCUT2D eigenvalue weighted by Gasteiger charge is -2.29. The summed E-state index contributed by atoms with van der Waals surface area (Å²) in [5.41, 5.74) is 2.91. The monoisotopic (exact) mass is 404 g/mol. The number of piperazine rings is 1. The van der Waals surface area contributed by atoms with E-state index in [-0.39, 0.29) is 11.4 Å². The maximum Gasteiger partial charge on any atom is 0.356 e. The van der Waals surface area contributed by atoms with Gasteiger partial charge in [-0.3, -0.25) is 0 Å². The highest BCUT2D eigenvalue weighted by Crippen LogP contribution is 2.27. The van der Waals surface area contributed by atoms with Gasteiger partial charge < -0.3 is 20.1 Å². The van der Waals surface area contributed by atoms with Gasteiger partial charge in [0, 0.05) is 44.2 Å². The topological polar surface area (TPSA) is 87.0 Å². The Morgan fingerprint density at radius 1 is 1.17 bits per heavy atom. The molecular formula is C23H24N4O3. The van der Waals surface area contributed by atoms with Crippen LogP contribution in [0.1, 0.15) is 23.0 Å². The maximum atomic E-state index is 11.8. The Bertz CT molecular complexity index is 1080. The molecule has 1 fully saturated rings. The van der Waals surface area contributed by atoms with Gasteiger partial charge in [0.25, 0.3) is 0 Å². The average Bonchev–Trinajstić information content (AvgIpc) is 2.78. The minimum Gasteiger partial charge on any atom is -0.476 e. The Labute approximate surface area is 175 Å². The van der Waals surface area contributed by atoms with Crippen LogP contribution in [0.15, 0.2) is 59.6 Å². The summed E-state index contributed by atoms with van der Waals surface area (Å²) in [4.78, 5) is 22.9. The van der Waals surface area contributed by atoms with E-state index in [0.29, 0.717) is 18.0 Å². The van der Waals surface area contributed by atoms with Crippen molar-refractivity contribution in [2.24, 2.45) is 4.99 Å². The van der Waals surface area contributed by atoms with Crippen molar-refractivity contribution in [1.29, 1.82) is 0 Å². The molecule has 3 aromatic rings. The number of hydrogen-bond acceptors (Lipinski definition) is 6. The van der Waals surface area contributed by atoms with Crippen LogP contribution in [0.3, 0.4) is 0 Å². The Morgan fingerprint density at radius 3 is 2.67 bits per heavy atom. The van der Waals surface area contributed by atoms with Gasteiger partial charge in [-0.05, 0) is 23.8 Å². The molecule has 1 aliphatic rings. The Kier molecular flexibility index (Phi) is 5.90. The first-order valence-corrected chi connectivity index (χ1v) is 9.96. The molecule has 2 heterocycles. The predicted molar refractivity (Wildman–Crippen MR) is 118 cm³/mol. The minimum atomic E-state index is -1.11. The molecule has 0 saturated carbocycles. The largest absolute Gasteiger partial charge is 0.476 e. The number of fused-ring (bicyclic) bond motifs is 1. The molecule has 4 rings (SSSR count). The van der Waals surface area contributed by atoms with E-state index < -0.39 is 5.97 Å². The molecule has 1 saturated heterocycles. The van der Waals surface area contributed by atoms with Crippen LogP contribution in [0, 0.1) is 0 Å². The third-order valence-electron chi connectivity index (χ3n) is 5.03. The maximum absolute atomic E-state index is 11.8. The second kappa shape index (κ2) is 8.92. The second-order valence-corrected chi connectivity index (χ2v) is 7.18. The standard InChI is InChI=1S/C23H24N4O3/c1-16(30-15-17-5-3-2-4-6-17)25-21-13-18-7-8-19(27-11-9-24-10-12-27)14-20(18)26-22(21)23(28)29/h2-8,13-14,24H,9-12,15H2,1H3,(H,28,29). The van der Waals surface area contributed by atoms with Crippen molar-refractivity contribution < 1.29 is 14.6 Å². The smallest absolute Gasteiger partial charge is 0.356 e. The molecule has 7 nitrogen and oxygen atoms in total. The molecule has 0 unspecified atom stereocenters. The minimum absolute atomic E-state index is 0.0809. The molecule has 0 spiro atoms. The van der Waals surface area contributed by atoms with Crippen LogP contribution >= 0.6 is 0 Å². The van der Waals surface area contributed by atoms with Crippen LogP contribution in [0.25, 0.3) is 10.9 Å². The van der Waals surface area contributed by atoms with E-state index in [4.69, 9.17) is 4.74 Å². The summed E-state index contributed by atoms with van der Waals surface area (Å²) in [5.74, 6) is -0.723. The van der Waals surface area contributed by atoms with Crippen LogP contribution in [-0.2, 0) is 11.3 Å². The summed E-state index contributed by atoms with van der Waals surface area (Å²) in [7, 11) is 0. The number of aromatic carboxylic acids is 1. The van der Waals surface area contributed by atoms with Gasteiger partial charge in [-0.1, -0.05) is 36.4 Å². The molecule has 0 bridgehead atoms. The number of carbonyl (C=O) groups is 1. The van der Waals surface area contributed by atoms with Gasteiger partial charge >= 0.3 is 5.97 Å². The number of ether oxygens (including phenoxy) is 1. The lowest BCUT2D eigenvalue weighted by atomic mass is 10.1. The van der Waals surface area contributed by atoms with Gasteiger partial charge in [-0.15, -0.1) is 0 Å². The van der Waals surface area contributed by atoms with Gasteiger partial charge in [0.05, 0.1) is 5.52 Å². The van der Waals surface area contributed by atoms with Crippen molar-refractivity contribution in [3.05, 3.63) is 65.9 Å². The number of benzene rings is 2. The molecule has 154 valence electrons. The quantitative estimate of drug-likeness (QED) is 0.499. The number of hydrogen-bond donors (Lipinski definition) is 2. The number of carboxylic acids is 1. The summed E-state index contributed by atoms with van der Waals surface area (Å²) in [6.07, 6.45) is 0. The van der Waals surface area contributed by atoms with Gasteiger partial charge in [0.15, 0.2) is 11.6 Å². The van der Waals surface area contributed by atoms with Crippen molar-refractivity contribution in [1.82, 2.24) is 10.3 Å². The predicted octanol–water partition coefficient (Wildman–Crippen LogP) is 3.61.